The van der Waals surface area contributed by atoms with Crippen LogP contribution < -0.4 is 19.8 Å². The highest BCUT2D eigenvalue weighted by atomic mass is 32.2. The smallest absolute Gasteiger partial charge is 0.220 e. The third-order valence-corrected chi connectivity index (χ3v) is 6.91. The molecule has 6 rings (SSSR count). The van der Waals surface area contributed by atoms with Gasteiger partial charge in [-0.1, -0.05) is 84.9 Å². The zero-order chi connectivity index (χ0) is 32.1. The van der Waals surface area contributed by atoms with Crippen LogP contribution in [0.2, 0.25) is 0 Å². The van der Waals surface area contributed by atoms with Crippen LogP contribution in [0.4, 0.5) is 22.7 Å². The molecule has 0 saturated heterocycles. The van der Waals surface area contributed by atoms with E-state index < -0.39 is 20.2 Å². The first-order valence-electron chi connectivity index (χ1n) is 13.5. The predicted molar refractivity (Wildman–Crippen MR) is 165 cm³/mol. The lowest BCUT2D eigenvalue weighted by molar-refractivity contribution is -0.922. The quantitative estimate of drug-likeness (QED) is 0.255. The van der Waals surface area contributed by atoms with Crippen LogP contribution in [0.25, 0.3) is 0 Å². The normalized spacial score (nSPS) is 20.7. The fourth-order valence-electron chi connectivity index (χ4n) is 5.29. The summed E-state index contributed by atoms with van der Waals surface area (Å²) in [6.45, 7) is 0. The van der Waals surface area contributed by atoms with E-state index in [1.54, 1.807) is 0 Å². The Hall–Kier alpha value is -4.18. The summed E-state index contributed by atoms with van der Waals surface area (Å²) >= 11 is 0. The molecule has 2 aliphatic heterocycles. The van der Waals surface area contributed by atoms with Crippen LogP contribution in [0.5, 0.6) is 0 Å². The molecule has 4 aromatic carbocycles. The molecule has 2 N–H and O–H groups in total. The Morgan fingerprint density at radius 1 is 0.545 bits per heavy atom. The second-order valence-electron chi connectivity index (χ2n) is 10.3. The molecular weight excluding hydrogens is 605 g/mol. The van der Waals surface area contributed by atoms with Gasteiger partial charge in [-0.15, -0.1) is 10.0 Å². The molecule has 4 unspecified atom stereocenters. The van der Waals surface area contributed by atoms with Gasteiger partial charge in [0.2, 0.25) is 12.3 Å². The van der Waals surface area contributed by atoms with Crippen LogP contribution in [0, 0.1) is 0 Å². The maximum absolute atomic E-state index is 9.08. The number of quaternary nitrogens is 2. The van der Waals surface area contributed by atoms with E-state index in [0.717, 1.165) is 21.4 Å². The third-order valence-electron chi connectivity index (χ3n) is 6.91. The van der Waals surface area contributed by atoms with Crippen LogP contribution in [0.1, 0.15) is 23.5 Å². The van der Waals surface area contributed by atoms with Gasteiger partial charge in [0.1, 0.15) is 11.4 Å². The second kappa shape index (κ2) is 13.6. The van der Waals surface area contributed by atoms with E-state index in [1.807, 2.05) is 0 Å². The Labute approximate surface area is 257 Å². The molecule has 232 valence electrons. The van der Waals surface area contributed by atoms with E-state index in [2.05, 4.69) is 133 Å². The minimum Gasteiger partial charge on any atom is -0.748 e. The fraction of sp³-hybridized carbons (Fsp3) is 0.200. The molecule has 0 amide bonds. The van der Waals surface area contributed by atoms with Crippen LogP contribution in [-0.2, 0) is 20.2 Å². The van der Waals surface area contributed by atoms with Gasteiger partial charge in [-0.25, -0.2) is 16.8 Å². The van der Waals surface area contributed by atoms with E-state index in [1.165, 1.54) is 22.5 Å². The lowest BCUT2D eigenvalue weighted by atomic mass is 10.1. The first-order chi connectivity index (χ1) is 20.7. The third kappa shape index (κ3) is 8.25. The molecule has 0 bridgehead atoms. The first kappa shape index (κ1) is 32.7. The van der Waals surface area contributed by atoms with Crippen molar-refractivity contribution in [2.45, 2.75) is 12.3 Å². The Bertz CT molecular complexity index is 1660. The molecule has 0 aliphatic carbocycles. The molecule has 0 spiro atoms. The number of hydrogen-bond donors (Lipinski definition) is 2. The van der Waals surface area contributed by atoms with Gasteiger partial charge < -0.3 is 18.9 Å². The van der Waals surface area contributed by atoms with Gasteiger partial charge >= 0.3 is 0 Å². The number of rotatable bonds is 4. The minimum absolute atomic E-state index is 0.0208. The number of benzene rings is 4. The summed E-state index contributed by atoms with van der Waals surface area (Å²) in [5, 5.41) is 12.0. The summed E-state index contributed by atoms with van der Waals surface area (Å²) in [5.41, 5.74) is 7.06. The first-order valence-corrected chi connectivity index (χ1v) is 17.1. The highest BCUT2D eigenvalue weighted by molar-refractivity contribution is 7.85. The SMILES string of the molecule is CN1c2ccccc2[NH+](/N=N/[NH+]2c3ccccc3N(C)C2c2ccccc2)C1c1ccccc1.CS(=O)(=O)[O-].CS(=O)(=O)[O-]. The van der Waals surface area contributed by atoms with Gasteiger partial charge in [0.05, 0.1) is 30.7 Å². The van der Waals surface area contributed by atoms with Gasteiger partial charge in [-0.2, -0.15) is 0 Å². The summed E-state index contributed by atoms with van der Waals surface area (Å²) < 4.78 is 54.5. The van der Waals surface area contributed by atoms with Crippen molar-refractivity contribution >= 4 is 43.0 Å². The molecule has 4 atom stereocenters. The molecule has 0 saturated carbocycles. The molecule has 0 fully saturated rings. The van der Waals surface area contributed by atoms with Crippen molar-refractivity contribution in [2.75, 3.05) is 36.4 Å². The largest absolute Gasteiger partial charge is 0.748 e. The Morgan fingerprint density at radius 3 is 1.14 bits per heavy atom. The molecular formula is C30H34N6O6S2. The topological polar surface area (TPSA) is 154 Å². The lowest BCUT2D eigenvalue weighted by Crippen LogP contribution is -3.07. The van der Waals surface area contributed by atoms with E-state index >= 15 is 0 Å². The van der Waals surface area contributed by atoms with E-state index in [4.69, 9.17) is 36.4 Å². The molecule has 14 heteroatoms. The van der Waals surface area contributed by atoms with Crippen LogP contribution in [0.3, 0.4) is 0 Å². The van der Waals surface area contributed by atoms with Crippen LogP contribution in [0.15, 0.2) is 120 Å². The Morgan fingerprint density at radius 2 is 0.818 bits per heavy atom. The molecule has 44 heavy (non-hydrogen) atoms. The van der Waals surface area contributed by atoms with Crippen molar-refractivity contribution in [1.29, 1.82) is 0 Å². The highest BCUT2D eigenvalue weighted by Gasteiger charge is 2.44. The number of fused-ring (bicyclic) bond motifs is 2. The number of nitrogens with zero attached hydrogens (tertiary/aromatic N) is 4. The van der Waals surface area contributed by atoms with Gasteiger partial charge in [-0.05, 0) is 12.1 Å². The van der Waals surface area contributed by atoms with Gasteiger partial charge in [-0.3, -0.25) is 0 Å². The molecule has 2 aliphatic rings. The molecule has 2 heterocycles. The van der Waals surface area contributed by atoms with Crippen LogP contribution >= 0.6 is 0 Å². The van der Waals surface area contributed by atoms with Crippen molar-refractivity contribution in [2.24, 2.45) is 10.4 Å². The van der Waals surface area contributed by atoms with Gasteiger partial charge in [0, 0.05) is 49.9 Å². The van der Waals surface area contributed by atoms with Crippen molar-refractivity contribution in [1.82, 2.24) is 0 Å². The average molecular weight is 639 g/mol. The number of hydrogen-bond acceptors (Lipinski definition) is 10. The molecule has 0 aromatic heterocycles. The lowest BCUT2D eigenvalue weighted by Gasteiger charge is -2.23. The van der Waals surface area contributed by atoms with Crippen molar-refractivity contribution in [3.63, 3.8) is 0 Å². The van der Waals surface area contributed by atoms with Crippen LogP contribution in [-0.4, -0.2) is 52.5 Å². The summed E-state index contributed by atoms with van der Waals surface area (Å²) in [7, 11) is -3.56. The zero-order valence-electron chi connectivity index (χ0n) is 24.6. The summed E-state index contributed by atoms with van der Waals surface area (Å²) in [6, 6.07) is 38.1. The zero-order valence-corrected chi connectivity index (χ0v) is 26.2. The maximum atomic E-state index is 9.08. The second-order valence-corrected chi connectivity index (χ2v) is 13.1. The van der Waals surface area contributed by atoms with E-state index in [9.17, 15) is 0 Å². The summed E-state index contributed by atoms with van der Waals surface area (Å²) in [4.78, 5) is 4.60. The summed E-state index contributed by atoms with van der Waals surface area (Å²) in [5.74, 6) is 0. The summed E-state index contributed by atoms with van der Waals surface area (Å²) in [6.07, 6.45) is 1.25. The maximum Gasteiger partial charge on any atom is 0.220 e. The van der Waals surface area contributed by atoms with Gasteiger partial charge in [0.15, 0.2) is 11.4 Å². The monoisotopic (exact) mass is 638 g/mol. The van der Waals surface area contributed by atoms with Gasteiger partial charge in [0.25, 0.3) is 0 Å². The Kier molecular flexibility index (Phi) is 10.1. The minimum atomic E-state index is -3.92. The highest BCUT2D eigenvalue weighted by Crippen LogP contribution is 2.35. The number of nitrogens with one attached hydrogen (secondary N) is 2. The average Bonchev–Trinajstić information content (AvgIpc) is 3.41. The molecule has 12 nitrogen and oxygen atoms in total. The van der Waals surface area contributed by atoms with Crippen molar-refractivity contribution in [3.8, 4) is 0 Å². The molecule has 0 radical (unpaired) electrons. The van der Waals surface area contributed by atoms with Crippen molar-refractivity contribution in [3.05, 3.63) is 120 Å². The number of anilines is 2. The van der Waals surface area contributed by atoms with E-state index in [0.29, 0.717) is 12.5 Å². The fourth-order valence-corrected chi connectivity index (χ4v) is 5.29. The predicted octanol–water partition coefficient (Wildman–Crippen LogP) is 2.32. The number of para-hydroxylation sites is 4. The Balaban J connectivity index is 0.000000386. The van der Waals surface area contributed by atoms with E-state index in [-0.39, 0.29) is 12.3 Å². The van der Waals surface area contributed by atoms with Crippen molar-refractivity contribution < 1.29 is 36.0 Å². The molecule has 4 aromatic rings. The standard InChI is InChI=1S/C28H26N6.2CH4O3S/c1-31-23-17-9-11-19-25(23)33(27(31)21-13-5-3-6-14-21)29-30-34-26-20-12-10-18-24(26)32(2)28(34)22-15-7-4-8-16-22;2*1-5(2,3)4/h3-20,27-28H,1-2H3;2*1H3,(H,2,3,4)/b30-29+;;.